The minimum Gasteiger partial charge on any atom is -0.449 e. The second kappa shape index (κ2) is 11.0. The molecular formula is C33H38ClFN8O2. The van der Waals surface area contributed by atoms with Crippen LogP contribution in [0.2, 0.25) is 5.02 Å². The Balaban J connectivity index is 1.38. The molecule has 3 atom stereocenters. The summed E-state index contributed by atoms with van der Waals surface area (Å²) in [6, 6.07) is 1.75. The van der Waals surface area contributed by atoms with E-state index in [9.17, 15) is 4.79 Å². The Hall–Kier alpha value is -3.57. The van der Waals surface area contributed by atoms with Crippen LogP contribution in [0.15, 0.2) is 27.5 Å². The average Bonchev–Trinajstić information content (AvgIpc) is 3.49. The normalized spacial score (nSPS) is 28.6. The van der Waals surface area contributed by atoms with Gasteiger partial charge in [0.1, 0.15) is 11.2 Å². The number of carbonyl (C=O) groups excluding carboxylic acids is 1. The van der Waals surface area contributed by atoms with E-state index >= 15 is 4.39 Å². The van der Waals surface area contributed by atoms with Crippen molar-refractivity contribution in [2.45, 2.75) is 62.4 Å². The molecule has 1 aliphatic carbocycles. The van der Waals surface area contributed by atoms with Gasteiger partial charge in [-0.3, -0.25) is 9.88 Å². The maximum Gasteiger partial charge on any atom is 0.409 e. The fourth-order valence-corrected chi connectivity index (χ4v) is 8.83. The molecule has 1 amide bonds. The molecule has 0 radical (unpaired) electrons. The molecule has 1 aromatic heterocycles. The van der Waals surface area contributed by atoms with E-state index in [-0.39, 0.29) is 34.9 Å². The Bertz CT molecular complexity index is 1840. The van der Waals surface area contributed by atoms with Gasteiger partial charge < -0.3 is 19.9 Å². The van der Waals surface area contributed by atoms with Gasteiger partial charge in [0.2, 0.25) is 0 Å². The standard InChI is InChI=1S/C33H38ClFN8O2/c1-36-31-23-15-37-30(28(35)29(23)38-18-33-7-3-9-43(33)10-4-8-33)27-22-16-39-40-25(22)14-24(34)26(27)21-13-19(21)6-12-45-32(44)41(2)20-5-11-42(31)17-20/h14-16,19-21,38H,1,3-13,17-18H2,2H3/b30-27-,31-23+. The molecule has 236 valence electrons. The summed E-state index contributed by atoms with van der Waals surface area (Å²) in [5.74, 6) is 0.447. The largest absolute Gasteiger partial charge is 0.449 e. The molecule has 1 saturated carbocycles. The second-order valence-electron chi connectivity index (χ2n) is 13.4. The van der Waals surface area contributed by atoms with Crippen LogP contribution in [-0.2, 0) is 4.74 Å². The number of halogens is 2. The number of ether oxygens (including phenoxy) is 1. The molecule has 7 heterocycles. The maximum absolute atomic E-state index is 17.4. The van der Waals surface area contributed by atoms with Crippen molar-refractivity contribution in [3.63, 3.8) is 0 Å². The third-order valence-electron chi connectivity index (χ3n) is 11.0. The predicted molar refractivity (Wildman–Crippen MR) is 170 cm³/mol. The quantitative estimate of drug-likeness (QED) is 0.500. The van der Waals surface area contributed by atoms with Gasteiger partial charge in [-0.25, -0.2) is 14.2 Å². The first-order chi connectivity index (χ1) is 21.9. The number of nitrogens with zero attached hydrogens (tertiary/aromatic N) is 7. The summed E-state index contributed by atoms with van der Waals surface area (Å²) in [7, 11) is 1.78. The Kier molecular flexibility index (Phi) is 7.09. The first kappa shape index (κ1) is 28.9. The summed E-state index contributed by atoms with van der Waals surface area (Å²) in [5.41, 5.74) is 1.84. The van der Waals surface area contributed by atoms with Gasteiger partial charge in [-0.05, 0) is 88.2 Å². The minimum atomic E-state index is -0.438. The summed E-state index contributed by atoms with van der Waals surface area (Å²) < 4.78 is 23.1. The van der Waals surface area contributed by atoms with Crippen LogP contribution >= 0.6 is 11.6 Å². The van der Waals surface area contributed by atoms with Crippen molar-refractivity contribution in [3.05, 3.63) is 49.7 Å². The lowest BCUT2D eigenvalue weighted by Gasteiger charge is -2.33. The summed E-state index contributed by atoms with van der Waals surface area (Å²) in [5, 5.41) is 14.7. The van der Waals surface area contributed by atoms with Gasteiger partial charge in [-0.2, -0.15) is 10.2 Å². The van der Waals surface area contributed by atoms with Crippen molar-refractivity contribution in [2.75, 3.05) is 51.7 Å². The first-order valence-corrected chi connectivity index (χ1v) is 16.5. The van der Waals surface area contributed by atoms with E-state index in [0.29, 0.717) is 65.3 Å². The molecule has 9 rings (SSSR count). The third kappa shape index (κ3) is 4.72. The molecule has 10 nitrogen and oxygen atoms in total. The number of hydrogen-bond acceptors (Lipinski definition) is 9. The van der Waals surface area contributed by atoms with Crippen molar-refractivity contribution < 1.29 is 13.9 Å². The van der Waals surface area contributed by atoms with Gasteiger partial charge in [0.25, 0.3) is 0 Å². The first-order valence-electron chi connectivity index (χ1n) is 16.2. The topological polar surface area (TPSA) is 98.0 Å². The molecule has 2 aromatic rings. The summed E-state index contributed by atoms with van der Waals surface area (Å²) in [4.78, 5) is 28.6. The van der Waals surface area contributed by atoms with Gasteiger partial charge in [-0.1, -0.05) is 11.6 Å². The molecule has 7 aliphatic rings. The zero-order chi connectivity index (χ0) is 30.9. The lowest BCUT2D eigenvalue weighted by atomic mass is 9.94. The molecule has 4 fully saturated rings. The number of pyridine rings is 1. The fraction of sp³-hybridized carbons (Fsp3) is 0.545. The number of amides is 1. The lowest BCUT2D eigenvalue weighted by molar-refractivity contribution is 0.0960. The van der Waals surface area contributed by atoms with Gasteiger partial charge in [0.05, 0.1) is 35.4 Å². The van der Waals surface area contributed by atoms with E-state index in [1.165, 1.54) is 0 Å². The van der Waals surface area contributed by atoms with Crippen molar-refractivity contribution in [2.24, 2.45) is 21.1 Å². The second-order valence-corrected chi connectivity index (χ2v) is 13.8. The molecule has 1 aromatic carbocycles. The number of anilines is 1. The Morgan fingerprint density at radius 2 is 2.07 bits per heavy atom. The Labute approximate surface area is 266 Å². The number of hydrogen-bond donors (Lipinski definition) is 1. The zero-order valence-corrected chi connectivity index (χ0v) is 26.3. The van der Waals surface area contributed by atoms with E-state index < -0.39 is 5.82 Å². The van der Waals surface area contributed by atoms with Gasteiger partial charge >= 0.3 is 6.09 Å². The van der Waals surface area contributed by atoms with Crippen molar-refractivity contribution in [3.8, 4) is 0 Å². The van der Waals surface area contributed by atoms with Crippen LogP contribution in [-0.4, -0.2) is 90.5 Å². The monoisotopic (exact) mass is 632 g/mol. The van der Waals surface area contributed by atoms with E-state index in [1.807, 2.05) is 6.07 Å². The molecule has 0 spiro atoms. The number of aromatic nitrogens is 1. The highest BCUT2D eigenvalue weighted by molar-refractivity contribution is 6.31. The van der Waals surface area contributed by atoms with Crippen LogP contribution in [0.3, 0.4) is 0 Å². The molecule has 6 aliphatic heterocycles. The fourth-order valence-electron chi connectivity index (χ4n) is 8.49. The molecule has 3 saturated heterocycles. The molecule has 4 bridgehead atoms. The molecule has 1 N–H and O–H groups in total. The van der Waals surface area contributed by atoms with Crippen molar-refractivity contribution in [1.29, 1.82) is 0 Å². The predicted octanol–water partition coefficient (Wildman–Crippen LogP) is 4.45. The van der Waals surface area contributed by atoms with E-state index in [0.717, 1.165) is 62.4 Å². The Morgan fingerprint density at radius 3 is 2.87 bits per heavy atom. The van der Waals surface area contributed by atoms with Crippen molar-refractivity contribution >= 4 is 47.8 Å². The highest BCUT2D eigenvalue weighted by Crippen LogP contribution is 2.52. The lowest BCUT2D eigenvalue weighted by Crippen LogP contribution is -2.45. The number of carbonyl (C=O) groups is 1. The summed E-state index contributed by atoms with van der Waals surface area (Å²) in [6.07, 6.45) is 9.85. The molecule has 12 heteroatoms. The maximum atomic E-state index is 17.4. The molecule has 3 unspecified atom stereocenters. The van der Waals surface area contributed by atoms with E-state index in [4.69, 9.17) is 21.3 Å². The molecule has 45 heavy (non-hydrogen) atoms. The van der Waals surface area contributed by atoms with Gasteiger partial charge in [-0.15, -0.1) is 0 Å². The summed E-state index contributed by atoms with van der Waals surface area (Å²) in [6.45, 7) is 8.19. The number of nitrogens with one attached hydrogen (secondary N) is 1. The summed E-state index contributed by atoms with van der Waals surface area (Å²) >= 11 is 6.95. The van der Waals surface area contributed by atoms with Crippen LogP contribution in [0.1, 0.15) is 56.4 Å². The third-order valence-corrected chi connectivity index (χ3v) is 11.4. The van der Waals surface area contributed by atoms with E-state index in [1.54, 1.807) is 24.3 Å². The van der Waals surface area contributed by atoms with Gasteiger partial charge in [0.15, 0.2) is 5.82 Å². The smallest absolute Gasteiger partial charge is 0.409 e. The van der Waals surface area contributed by atoms with Crippen LogP contribution < -0.4 is 15.8 Å². The number of rotatable bonds is 4. The molecular weight excluding hydrogens is 595 g/mol. The number of azo groups is 1. The highest BCUT2D eigenvalue weighted by atomic mass is 35.5. The number of benzene rings is 1. The average molecular weight is 633 g/mol. The minimum absolute atomic E-state index is 0.0151. The Morgan fingerprint density at radius 1 is 1.24 bits per heavy atom. The van der Waals surface area contributed by atoms with Gasteiger partial charge in [0, 0.05) is 53.9 Å². The SMILES string of the molecule is C=N/C1=c2/cn/c(c(F)c2NCC23CCCN2CCC3)=c2\c(c(Cl)cc3c2=CN=N3)C2CC2CCOC(=O)N(C)C2CCN1C2. The van der Waals surface area contributed by atoms with E-state index in [2.05, 4.69) is 37.1 Å². The van der Waals surface area contributed by atoms with Crippen LogP contribution in [0.5, 0.6) is 0 Å². The highest BCUT2D eigenvalue weighted by Gasteiger charge is 2.44. The van der Waals surface area contributed by atoms with Crippen LogP contribution in [0.4, 0.5) is 20.6 Å². The number of aliphatic imine (C=N–C) groups is 1. The van der Waals surface area contributed by atoms with Crippen LogP contribution in [0.25, 0.3) is 12.0 Å². The van der Waals surface area contributed by atoms with Crippen LogP contribution in [0, 0.1) is 22.3 Å². The number of fused-ring (bicyclic) bond motifs is 8. The van der Waals surface area contributed by atoms with Crippen molar-refractivity contribution in [1.82, 2.24) is 19.7 Å². The zero-order valence-electron chi connectivity index (χ0n) is 25.6. The number of likely N-dealkylation sites (N-methyl/N-ethyl adjacent to an activating group) is 1.